The number of ether oxygens (including phenoxy) is 1. The summed E-state index contributed by atoms with van der Waals surface area (Å²) in [4.78, 5) is 46.6. The highest BCUT2D eigenvalue weighted by molar-refractivity contribution is 6.05. The van der Waals surface area contributed by atoms with Crippen molar-refractivity contribution in [2.24, 2.45) is 0 Å². The van der Waals surface area contributed by atoms with Gasteiger partial charge in [-0.05, 0) is 30.5 Å². The van der Waals surface area contributed by atoms with Crippen molar-refractivity contribution < 1.29 is 55.4 Å². The van der Waals surface area contributed by atoms with Gasteiger partial charge in [-0.1, -0.05) is 12.1 Å². The molecule has 2 aromatic rings. The van der Waals surface area contributed by atoms with Crippen LogP contribution in [0.2, 0.25) is 0 Å². The van der Waals surface area contributed by atoms with Crippen LogP contribution in [0.15, 0.2) is 36.5 Å². The number of piperidine rings is 1. The number of aliphatic carboxylic acids is 1. The van der Waals surface area contributed by atoms with Crippen LogP contribution in [0.1, 0.15) is 24.8 Å². The monoisotopic (exact) mass is 594 g/mol. The van der Waals surface area contributed by atoms with E-state index in [2.05, 4.69) is 25.8 Å². The van der Waals surface area contributed by atoms with E-state index >= 15 is 0 Å². The van der Waals surface area contributed by atoms with Gasteiger partial charge in [0.15, 0.2) is 0 Å². The van der Waals surface area contributed by atoms with E-state index in [1.54, 1.807) is 6.07 Å². The molecule has 3 heterocycles. The fraction of sp³-hybridized carbons (Fsp3) is 0.435. The Balaban J connectivity index is 0.000000587. The number of nitrogens with zero attached hydrogens (tertiary/aromatic N) is 3. The van der Waals surface area contributed by atoms with Gasteiger partial charge in [0.2, 0.25) is 11.8 Å². The van der Waals surface area contributed by atoms with E-state index in [1.165, 1.54) is 35.1 Å². The number of carboxylic acids is 1. The minimum atomic E-state index is -5.08. The SMILES string of the molecule is O=C(O)C(F)(F)F.O=C1CC(N2CCC(NC(=O)Nc3ccnn3Cc3ccc(OC(F)(F)F)cc3)CC2)C(=O)N1. The van der Waals surface area contributed by atoms with Crippen molar-refractivity contribution in [3.63, 3.8) is 0 Å². The molecular weight excluding hydrogens is 570 g/mol. The fourth-order valence-corrected chi connectivity index (χ4v) is 4.06. The number of benzene rings is 1. The molecule has 4 N–H and O–H groups in total. The maximum absolute atomic E-state index is 12.5. The molecule has 2 aliphatic heterocycles. The summed E-state index contributed by atoms with van der Waals surface area (Å²) in [6.45, 7) is 1.40. The van der Waals surface area contributed by atoms with E-state index in [1.807, 2.05) is 4.90 Å². The van der Waals surface area contributed by atoms with Crippen LogP contribution in [0.25, 0.3) is 0 Å². The van der Waals surface area contributed by atoms with Crippen LogP contribution >= 0.6 is 0 Å². The van der Waals surface area contributed by atoms with Gasteiger partial charge in [-0.3, -0.25) is 25.1 Å². The molecule has 0 bridgehead atoms. The normalized spacial score (nSPS) is 18.2. The summed E-state index contributed by atoms with van der Waals surface area (Å²) in [5.74, 6) is -3.19. The van der Waals surface area contributed by atoms with Crippen LogP contribution in [0.3, 0.4) is 0 Å². The zero-order chi connectivity index (χ0) is 30.4. The van der Waals surface area contributed by atoms with E-state index in [0.29, 0.717) is 37.3 Å². The molecule has 2 aliphatic rings. The maximum atomic E-state index is 12.5. The molecule has 41 heavy (non-hydrogen) atoms. The van der Waals surface area contributed by atoms with Gasteiger partial charge in [-0.2, -0.15) is 18.3 Å². The Morgan fingerprint density at radius 3 is 2.17 bits per heavy atom. The molecule has 2 fully saturated rings. The van der Waals surface area contributed by atoms with Crippen molar-refractivity contribution in [3.05, 3.63) is 42.1 Å². The van der Waals surface area contributed by atoms with Crippen LogP contribution in [0.5, 0.6) is 5.75 Å². The lowest BCUT2D eigenvalue weighted by atomic mass is 10.0. The first kappa shape index (κ1) is 31.2. The third-order valence-corrected chi connectivity index (χ3v) is 5.94. The van der Waals surface area contributed by atoms with E-state index in [9.17, 15) is 40.7 Å². The molecule has 1 aromatic heterocycles. The summed E-state index contributed by atoms with van der Waals surface area (Å²) in [7, 11) is 0. The zero-order valence-electron chi connectivity index (χ0n) is 21.0. The van der Waals surface area contributed by atoms with E-state index in [-0.39, 0.29) is 36.6 Å². The summed E-state index contributed by atoms with van der Waals surface area (Å²) < 4.78 is 74.0. The number of hydrogen-bond donors (Lipinski definition) is 4. The number of alkyl halides is 6. The number of hydrogen-bond acceptors (Lipinski definition) is 7. The van der Waals surface area contributed by atoms with E-state index in [4.69, 9.17) is 9.90 Å². The first-order valence-corrected chi connectivity index (χ1v) is 11.9. The number of aromatic nitrogens is 2. The summed E-state index contributed by atoms with van der Waals surface area (Å²) >= 11 is 0. The first-order valence-electron chi connectivity index (χ1n) is 11.9. The standard InChI is InChI=1S/C21H23F3N6O4.C2HF3O2/c22-21(23,24)34-15-3-1-13(2-4-15)12-30-17(5-8-25-30)27-20(33)26-14-6-9-29(10-7-14)16-11-18(31)28-19(16)32;3-2(4,5)1(6)7/h1-5,8,14,16H,6-7,9-12H2,(H2,26,27,33)(H,28,31,32);(H,6,7). The number of carbonyl (C=O) groups excluding carboxylic acids is 3. The van der Waals surface area contributed by atoms with Crippen LogP contribution in [0.4, 0.5) is 37.0 Å². The number of rotatable bonds is 6. The van der Waals surface area contributed by atoms with Gasteiger partial charge >= 0.3 is 24.5 Å². The molecule has 1 unspecified atom stereocenters. The van der Waals surface area contributed by atoms with Crippen LogP contribution < -0.4 is 20.7 Å². The summed E-state index contributed by atoms with van der Waals surface area (Å²) in [6.07, 6.45) is -6.90. The number of likely N-dealkylation sites (tertiary alicyclic amines) is 1. The number of nitrogens with one attached hydrogen (secondary N) is 3. The number of carboxylic acid groups (broad SMARTS) is 1. The van der Waals surface area contributed by atoms with Crippen molar-refractivity contribution in [1.29, 1.82) is 0 Å². The minimum Gasteiger partial charge on any atom is -0.475 e. The van der Waals surface area contributed by atoms with Crippen LogP contribution in [0, 0.1) is 0 Å². The second-order valence-electron chi connectivity index (χ2n) is 8.91. The van der Waals surface area contributed by atoms with Crippen molar-refractivity contribution in [1.82, 2.24) is 25.3 Å². The van der Waals surface area contributed by atoms with E-state index < -0.39 is 30.6 Å². The Morgan fingerprint density at radius 1 is 1.05 bits per heavy atom. The number of amides is 4. The highest BCUT2D eigenvalue weighted by atomic mass is 19.4. The minimum absolute atomic E-state index is 0.0889. The van der Waals surface area contributed by atoms with Crippen LogP contribution in [-0.4, -0.2) is 81.3 Å². The Kier molecular flexibility index (Phi) is 9.79. The second kappa shape index (κ2) is 12.9. The molecule has 0 aliphatic carbocycles. The lowest BCUT2D eigenvalue weighted by Crippen LogP contribution is -2.50. The molecule has 1 atom stereocenters. The van der Waals surface area contributed by atoms with E-state index in [0.717, 1.165) is 0 Å². The summed E-state index contributed by atoms with van der Waals surface area (Å²) in [5, 5.41) is 19.2. The Morgan fingerprint density at radius 2 is 1.66 bits per heavy atom. The molecule has 18 heteroatoms. The van der Waals surface area contributed by atoms with Crippen molar-refractivity contribution in [2.75, 3.05) is 18.4 Å². The van der Waals surface area contributed by atoms with Gasteiger partial charge in [0, 0.05) is 25.2 Å². The Bertz CT molecular complexity index is 1240. The molecule has 0 saturated carbocycles. The van der Waals surface area contributed by atoms with Crippen molar-refractivity contribution in [3.8, 4) is 5.75 Å². The molecule has 1 aromatic carbocycles. The number of carbonyl (C=O) groups is 4. The fourth-order valence-electron chi connectivity index (χ4n) is 4.06. The molecule has 224 valence electrons. The molecule has 2 saturated heterocycles. The highest BCUT2D eigenvalue weighted by Crippen LogP contribution is 2.23. The van der Waals surface area contributed by atoms with Gasteiger partial charge < -0.3 is 15.2 Å². The Hall–Kier alpha value is -4.35. The number of halogens is 6. The highest BCUT2D eigenvalue weighted by Gasteiger charge is 2.38. The topological polar surface area (TPSA) is 155 Å². The molecule has 4 rings (SSSR count). The lowest BCUT2D eigenvalue weighted by molar-refractivity contribution is -0.274. The predicted molar refractivity (Wildman–Crippen MR) is 126 cm³/mol. The molecule has 0 spiro atoms. The number of imide groups is 1. The number of anilines is 1. The molecule has 0 radical (unpaired) electrons. The van der Waals surface area contributed by atoms with Gasteiger partial charge in [0.25, 0.3) is 0 Å². The van der Waals surface area contributed by atoms with Crippen molar-refractivity contribution in [2.45, 2.75) is 50.4 Å². The third-order valence-electron chi connectivity index (χ3n) is 5.94. The smallest absolute Gasteiger partial charge is 0.475 e. The molecule has 4 amide bonds. The molecule has 12 nitrogen and oxygen atoms in total. The lowest BCUT2D eigenvalue weighted by Gasteiger charge is -2.34. The van der Waals surface area contributed by atoms with Gasteiger partial charge in [0.05, 0.1) is 25.2 Å². The summed E-state index contributed by atoms with van der Waals surface area (Å²) in [5.41, 5.74) is 0.670. The first-order chi connectivity index (χ1) is 19.1. The average molecular weight is 594 g/mol. The van der Waals surface area contributed by atoms with Crippen molar-refractivity contribution >= 4 is 29.6 Å². The predicted octanol–water partition coefficient (Wildman–Crippen LogP) is 2.46. The zero-order valence-corrected chi connectivity index (χ0v) is 21.0. The third kappa shape index (κ3) is 9.66. The largest absolute Gasteiger partial charge is 0.573 e. The van der Waals surface area contributed by atoms with Gasteiger partial charge in [0.1, 0.15) is 11.6 Å². The van der Waals surface area contributed by atoms with Gasteiger partial charge in [-0.25, -0.2) is 14.3 Å². The quantitative estimate of drug-likeness (QED) is 0.294. The number of urea groups is 1. The maximum Gasteiger partial charge on any atom is 0.573 e. The Labute approximate surface area is 227 Å². The van der Waals surface area contributed by atoms with Gasteiger partial charge in [-0.15, -0.1) is 13.2 Å². The molecular formula is C23H24F6N6O6. The van der Waals surface area contributed by atoms with Crippen LogP contribution in [-0.2, 0) is 20.9 Å². The average Bonchev–Trinajstić information content (AvgIpc) is 3.44. The second-order valence-corrected chi connectivity index (χ2v) is 8.91. The summed E-state index contributed by atoms with van der Waals surface area (Å²) in [6, 6.07) is 6.06.